The number of para-hydroxylation sites is 1. The number of hydrogen-bond acceptors (Lipinski definition) is 5. The first-order valence-electron chi connectivity index (χ1n) is 11.9. The van der Waals surface area contributed by atoms with Crippen LogP contribution in [0.15, 0.2) is 65.6 Å². The smallest absolute Gasteiger partial charge is 0.304 e. The van der Waals surface area contributed by atoms with Crippen molar-refractivity contribution in [1.29, 1.82) is 5.26 Å². The van der Waals surface area contributed by atoms with Crippen LogP contribution in [0.4, 0.5) is 4.39 Å². The molecule has 1 aliphatic rings. The molecule has 0 saturated heterocycles. The van der Waals surface area contributed by atoms with Crippen LogP contribution in [0.25, 0.3) is 0 Å². The van der Waals surface area contributed by atoms with Gasteiger partial charge in [-0.05, 0) is 59.9 Å². The molecule has 1 aliphatic heterocycles. The topological polar surface area (TPSA) is 108 Å². The molecule has 192 valence electrons. The highest BCUT2D eigenvalue weighted by Gasteiger charge is 2.34. The van der Waals surface area contributed by atoms with Crippen LogP contribution in [-0.4, -0.2) is 36.4 Å². The van der Waals surface area contributed by atoms with Gasteiger partial charge in [0.2, 0.25) is 10.0 Å². The van der Waals surface area contributed by atoms with Gasteiger partial charge in [-0.1, -0.05) is 43.3 Å². The van der Waals surface area contributed by atoms with Gasteiger partial charge in [-0.25, -0.2) is 12.8 Å². The number of benzene rings is 3. The zero-order chi connectivity index (χ0) is 26.7. The van der Waals surface area contributed by atoms with Crippen LogP contribution in [0, 0.1) is 24.1 Å². The molecule has 9 heteroatoms. The number of nitrogens with zero attached hydrogens (tertiary/aromatic N) is 2. The number of sulfonamides is 1. The van der Waals surface area contributed by atoms with Gasteiger partial charge in [-0.3, -0.25) is 4.79 Å². The summed E-state index contributed by atoms with van der Waals surface area (Å²) in [6.45, 7) is 3.98. The van der Waals surface area contributed by atoms with Crippen LogP contribution >= 0.6 is 0 Å². The Morgan fingerprint density at radius 2 is 1.97 bits per heavy atom. The highest BCUT2D eigenvalue weighted by molar-refractivity contribution is 7.89. The van der Waals surface area contributed by atoms with E-state index in [0.717, 1.165) is 11.6 Å². The molecule has 3 aromatic rings. The van der Waals surface area contributed by atoms with Crippen LogP contribution in [0.5, 0.6) is 5.75 Å². The fourth-order valence-electron chi connectivity index (χ4n) is 4.53. The van der Waals surface area contributed by atoms with E-state index in [4.69, 9.17) is 10.00 Å². The first-order valence-corrected chi connectivity index (χ1v) is 13.3. The van der Waals surface area contributed by atoms with Crippen molar-refractivity contribution in [2.24, 2.45) is 0 Å². The zero-order valence-electron chi connectivity index (χ0n) is 20.5. The van der Waals surface area contributed by atoms with Gasteiger partial charge in [0.15, 0.2) is 0 Å². The standard InChI is InChI=1S/C28H27FN2O5S/c1-3-22-17-31(37(34,35)27-7-5-4-6-26(27)36-22)16-21-13-20(10-8-18(21)2)24(14-28(32)33)23-11-9-19(15-30)12-25(23)29/h4-13,22,24H,3,14,16-17H2,1-2H3,(H,32,33)/t22-,24?/m1/s1. The zero-order valence-corrected chi connectivity index (χ0v) is 21.3. The minimum absolute atomic E-state index is 0.0475. The molecule has 0 radical (unpaired) electrons. The van der Waals surface area contributed by atoms with Crippen molar-refractivity contribution in [3.05, 3.63) is 94.3 Å². The fourth-order valence-corrected chi connectivity index (χ4v) is 6.10. The summed E-state index contributed by atoms with van der Waals surface area (Å²) in [5, 5.41) is 18.6. The molecule has 0 bridgehead atoms. The predicted molar refractivity (Wildman–Crippen MR) is 135 cm³/mol. The van der Waals surface area contributed by atoms with E-state index in [-0.39, 0.29) is 41.6 Å². The number of carbonyl (C=O) groups is 1. The number of halogens is 1. The largest absolute Gasteiger partial charge is 0.488 e. The first-order chi connectivity index (χ1) is 17.6. The lowest BCUT2D eigenvalue weighted by Crippen LogP contribution is -2.36. The summed E-state index contributed by atoms with van der Waals surface area (Å²) in [4.78, 5) is 11.8. The molecule has 0 amide bonds. The van der Waals surface area contributed by atoms with Crippen LogP contribution in [-0.2, 0) is 21.4 Å². The number of carboxylic acid groups (broad SMARTS) is 1. The average Bonchev–Trinajstić information content (AvgIpc) is 2.97. The molecule has 3 aromatic carbocycles. The van der Waals surface area contributed by atoms with Crippen molar-refractivity contribution in [3.8, 4) is 11.8 Å². The van der Waals surface area contributed by atoms with E-state index in [1.807, 2.05) is 19.9 Å². The van der Waals surface area contributed by atoms with E-state index in [9.17, 15) is 22.7 Å². The Bertz CT molecular complexity index is 1480. The minimum atomic E-state index is -3.87. The van der Waals surface area contributed by atoms with Crippen LogP contribution in [0.1, 0.15) is 53.5 Å². The molecule has 0 spiro atoms. The molecule has 2 atom stereocenters. The maximum absolute atomic E-state index is 14.9. The Morgan fingerprint density at radius 1 is 1.22 bits per heavy atom. The molecule has 1 heterocycles. The van der Waals surface area contributed by atoms with Crippen LogP contribution in [0.3, 0.4) is 0 Å². The minimum Gasteiger partial charge on any atom is -0.488 e. The molecule has 4 rings (SSSR count). The van der Waals surface area contributed by atoms with Crippen molar-refractivity contribution in [2.45, 2.75) is 50.2 Å². The fraction of sp³-hybridized carbons (Fsp3) is 0.286. The number of carboxylic acids is 1. The maximum atomic E-state index is 14.9. The molecule has 7 nitrogen and oxygen atoms in total. The van der Waals surface area contributed by atoms with E-state index in [2.05, 4.69) is 0 Å². The second-order valence-electron chi connectivity index (χ2n) is 9.08. The third-order valence-corrected chi connectivity index (χ3v) is 8.48. The van der Waals surface area contributed by atoms with E-state index in [0.29, 0.717) is 23.3 Å². The van der Waals surface area contributed by atoms with Gasteiger partial charge in [0, 0.05) is 12.5 Å². The van der Waals surface area contributed by atoms with Gasteiger partial charge in [0.25, 0.3) is 0 Å². The Labute approximate surface area is 215 Å². The molecular formula is C28H27FN2O5S. The third kappa shape index (κ3) is 5.50. The molecule has 0 aliphatic carbocycles. The van der Waals surface area contributed by atoms with Crippen LogP contribution < -0.4 is 4.74 Å². The lowest BCUT2D eigenvalue weighted by atomic mass is 9.86. The van der Waals surface area contributed by atoms with E-state index in [1.54, 1.807) is 36.4 Å². The average molecular weight is 523 g/mol. The van der Waals surface area contributed by atoms with Crippen molar-refractivity contribution in [3.63, 3.8) is 0 Å². The van der Waals surface area contributed by atoms with Crippen LogP contribution in [0.2, 0.25) is 0 Å². The number of fused-ring (bicyclic) bond motifs is 1. The summed E-state index contributed by atoms with van der Waals surface area (Å²) in [5.41, 5.74) is 2.34. The highest BCUT2D eigenvalue weighted by Crippen LogP contribution is 2.35. The van der Waals surface area contributed by atoms with Crippen molar-refractivity contribution in [1.82, 2.24) is 4.31 Å². The number of aryl methyl sites for hydroxylation is 1. The van der Waals surface area contributed by atoms with Gasteiger partial charge in [-0.2, -0.15) is 9.57 Å². The van der Waals surface area contributed by atoms with Gasteiger partial charge in [-0.15, -0.1) is 0 Å². The molecule has 0 saturated carbocycles. The van der Waals surface area contributed by atoms with Gasteiger partial charge >= 0.3 is 5.97 Å². The van der Waals surface area contributed by atoms with Gasteiger partial charge in [0.1, 0.15) is 22.6 Å². The summed E-state index contributed by atoms with van der Waals surface area (Å²) >= 11 is 0. The number of hydrogen-bond donors (Lipinski definition) is 1. The normalized spacial score (nSPS) is 17.6. The molecule has 1 N–H and O–H groups in total. The molecule has 0 fully saturated rings. The summed E-state index contributed by atoms with van der Waals surface area (Å²) in [6.07, 6.45) is -0.0979. The second kappa shape index (κ2) is 10.7. The van der Waals surface area contributed by atoms with Gasteiger partial charge < -0.3 is 9.84 Å². The SMILES string of the molecule is CC[C@@H]1CN(Cc2cc(C(CC(=O)O)c3ccc(C#N)cc3F)ccc2C)S(=O)(=O)c2ccccc2O1. The number of ether oxygens (including phenoxy) is 1. The van der Waals surface area contributed by atoms with Crippen molar-refractivity contribution < 1.29 is 27.4 Å². The third-order valence-electron chi connectivity index (χ3n) is 6.63. The molecule has 37 heavy (non-hydrogen) atoms. The lowest BCUT2D eigenvalue weighted by Gasteiger charge is -2.24. The van der Waals surface area contributed by atoms with E-state index in [1.165, 1.54) is 22.5 Å². The number of rotatable bonds is 7. The van der Waals surface area contributed by atoms with Gasteiger partial charge in [0.05, 0.1) is 24.6 Å². The predicted octanol–water partition coefficient (Wildman–Crippen LogP) is 4.97. The van der Waals surface area contributed by atoms with E-state index < -0.39 is 27.7 Å². The Morgan fingerprint density at radius 3 is 2.65 bits per heavy atom. The maximum Gasteiger partial charge on any atom is 0.304 e. The summed E-state index contributed by atoms with van der Waals surface area (Å²) in [5.74, 6) is -2.27. The highest BCUT2D eigenvalue weighted by atomic mass is 32.2. The Kier molecular flexibility index (Phi) is 7.62. The quantitative estimate of drug-likeness (QED) is 0.469. The monoisotopic (exact) mass is 522 g/mol. The summed E-state index contributed by atoms with van der Waals surface area (Å²) in [6, 6.07) is 17.7. The molecule has 1 unspecified atom stereocenters. The first kappa shape index (κ1) is 26.3. The van der Waals surface area contributed by atoms with E-state index >= 15 is 0 Å². The summed E-state index contributed by atoms with van der Waals surface area (Å²) in [7, 11) is -3.87. The Hall–Kier alpha value is -3.74. The second-order valence-corrected chi connectivity index (χ2v) is 11.0. The lowest BCUT2D eigenvalue weighted by molar-refractivity contribution is -0.137. The van der Waals surface area contributed by atoms with Crippen molar-refractivity contribution in [2.75, 3.05) is 6.54 Å². The molecule has 0 aromatic heterocycles. The summed E-state index contributed by atoms with van der Waals surface area (Å²) < 4.78 is 49.4. The molecular weight excluding hydrogens is 495 g/mol. The van der Waals surface area contributed by atoms with Crippen molar-refractivity contribution >= 4 is 16.0 Å². The Balaban J connectivity index is 1.75. The number of aliphatic carboxylic acids is 1. The number of nitriles is 1.